The van der Waals surface area contributed by atoms with Crippen LogP contribution in [0.15, 0.2) is 54.7 Å². The number of fused-ring (bicyclic) bond motifs is 1. The smallest absolute Gasteiger partial charge is 0.254 e. The molecule has 0 radical (unpaired) electrons. The number of rotatable bonds is 3. The van der Waals surface area contributed by atoms with Crippen molar-refractivity contribution in [1.82, 2.24) is 14.8 Å². The van der Waals surface area contributed by atoms with Gasteiger partial charge < -0.3 is 19.9 Å². The lowest BCUT2D eigenvalue weighted by atomic mass is 9.79. The molecule has 1 saturated heterocycles. The van der Waals surface area contributed by atoms with Gasteiger partial charge in [-0.3, -0.25) is 9.59 Å². The number of nitrogens with zero attached hydrogens (tertiary/aromatic N) is 2. The van der Waals surface area contributed by atoms with E-state index in [1.807, 2.05) is 36.5 Å². The van der Waals surface area contributed by atoms with Crippen molar-refractivity contribution >= 4 is 22.7 Å². The molecule has 0 unspecified atom stereocenters. The highest BCUT2D eigenvalue weighted by Gasteiger charge is 2.45. The molecule has 0 bridgehead atoms. The second-order valence-corrected chi connectivity index (χ2v) is 8.33. The van der Waals surface area contributed by atoms with Crippen LogP contribution in [0, 0.1) is 0 Å². The molecule has 1 aromatic heterocycles. The van der Waals surface area contributed by atoms with Crippen LogP contribution in [-0.2, 0) is 4.79 Å². The first-order chi connectivity index (χ1) is 14.5. The van der Waals surface area contributed by atoms with Crippen LogP contribution < -0.4 is 0 Å². The molecule has 0 spiro atoms. The van der Waals surface area contributed by atoms with Crippen molar-refractivity contribution in [3.63, 3.8) is 0 Å². The monoisotopic (exact) mass is 403 g/mol. The zero-order chi connectivity index (χ0) is 20.7. The van der Waals surface area contributed by atoms with Crippen molar-refractivity contribution in [3.05, 3.63) is 60.3 Å². The normalized spacial score (nSPS) is 18.3. The van der Waals surface area contributed by atoms with Gasteiger partial charge in [-0.25, -0.2) is 0 Å². The summed E-state index contributed by atoms with van der Waals surface area (Å²) in [6.45, 7) is 1.93. The highest BCUT2D eigenvalue weighted by Crippen LogP contribution is 2.33. The fraction of sp³-hybridized carbons (Fsp3) is 0.333. The summed E-state index contributed by atoms with van der Waals surface area (Å²) in [6, 6.07) is 16.0. The lowest BCUT2D eigenvalue weighted by molar-refractivity contribution is -0.161. The lowest BCUT2D eigenvalue weighted by Crippen LogP contribution is -2.58. The summed E-state index contributed by atoms with van der Waals surface area (Å²) in [7, 11) is 0. The van der Waals surface area contributed by atoms with Crippen LogP contribution in [-0.4, -0.2) is 63.5 Å². The molecule has 6 nitrogen and oxygen atoms in total. The number of aromatic amines is 1. The summed E-state index contributed by atoms with van der Waals surface area (Å²) < 4.78 is 0. The third kappa shape index (κ3) is 3.27. The molecule has 1 aliphatic carbocycles. The number of H-pyrrole nitrogens is 1. The van der Waals surface area contributed by atoms with E-state index in [-0.39, 0.29) is 11.8 Å². The lowest BCUT2D eigenvalue weighted by Gasteiger charge is -2.42. The van der Waals surface area contributed by atoms with E-state index in [9.17, 15) is 14.7 Å². The fourth-order valence-electron chi connectivity index (χ4n) is 4.35. The summed E-state index contributed by atoms with van der Waals surface area (Å²) in [5.41, 5.74) is 2.78. The molecule has 2 N–H and O–H groups in total. The quantitative estimate of drug-likeness (QED) is 0.706. The van der Waals surface area contributed by atoms with Crippen molar-refractivity contribution in [1.29, 1.82) is 0 Å². The van der Waals surface area contributed by atoms with Gasteiger partial charge in [0.15, 0.2) is 0 Å². The molecular weight excluding hydrogens is 378 g/mol. The molecule has 3 aromatic rings. The fourth-order valence-corrected chi connectivity index (χ4v) is 4.35. The third-order valence-electron chi connectivity index (χ3n) is 6.45. The van der Waals surface area contributed by atoms with E-state index in [0.29, 0.717) is 44.6 Å². The molecule has 2 aliphatic rings. The minimum absolute atomic E-state index is 0.0166. The Kier molecular flexibility index (Phi) is 4.59. The third-order valence-corrected chi connectivity index (χ3v) is 6.45. The van der Waals surface area contributed by atoms with Gasteiger partial charge in [-0.2, -0.15) is 0 Å². The highest BCUT2D eigenvalue weighted by molar-refractivity contribution is 5.95. The molecule has 154 valence electrons. The Labute approximate surface area is 175 Å². The van der Waals surface area contributed by atoms with E-state index in [4.69, 9.17) is 0 Å². The van der Waals surface area contributed by atoms with E-state index in [2.05, 4.69) is 23.2 Å². The standard InChI is InChI=1S/C24H25N3O3/c28-22(26-12-14-27(15-13-26)23(29)24(30)9-1-10-24)18-4-2-17(3-5-18)19-6-7-21-20(16-19)8-11-25-21/h2-8,11,16,25,30H,1,9-10,12-15H2. The molecular formula is C24H25N3O3. The van der Waals surface area contributed by atoms with Crippen LogP contribution in [0.4, 0.5) is 0 Å². The number of hydrogen-bond donors (Lipinski definition) is 2. The first-order valence-electron chi connectivity index (χ1n) is 10.5. The van der Waals surface area contributed by atoms with E-state index >= 15 is 0 Å². The number of hydrogen-bond acceptors (Lipinski definition) is 3. The van der Waals surface area contributed by atoms with Crippen molar-refractivity contribution in [2.45, 2.75) is 24.9 Å². The Morgan fingerprint density at radius 1 is 0.867 bits per heavy atom. The predicted octanol–water partition coefficient (Wildman–Crippen LogP) is 3.03. The van der Waals surface area contributed by atoms with E-state index in [1.54, 1.807) is 9.80 Å². The molecule has 2 heterocycles. The number of carbonyl (C=O) groups excluding carboxylic acids is 2. The summed E-state index contributed by atoms with van der Waals surface area (Å²) >= 11 is 0. The van der Waals surface area contributed by atoms with Crippen molar-refractivity contribution in [2.75, 3.05) is 26.2 Å². The second-order valence-electron chi connectivity index (χ2n) is 8.33. The van der Waals surface area contributed by atoms with Gasteiger partial charge in [0.2, 0.25) is 0 Å². The minimum atomic E-state index is -1.16. The van der Waals surface area contributed by atoms with Gasteiger partial charge in [-0.15, -0.1) is 0 Å². The molecule has 2 fully saturated rings. The molecule has 2 amide bonds. The highest BCUT2D eigenvalue weighted by atomic mass is 16.3. The van der Waals surface area contributed by atoms with Crippen LogP contribution in [0.25, 0.3) is 22.0 Å². The van der Waals surface area contributed by atoms with E-state index in [0.717, 1.165) is 28.5 Å². The van der Waals surface area contributed by atoms with Gasteiger partial charge in [0.25, 0.3) is 11.8 Å². The van der Waals surface area contributed by atoms with Crippen LogP contribution in [0.3, 0.4) is 0 Å². The Hall–Kier alpha value is -3.12. The zero-order valence-corrected chi connectivity index (χ0v) is 16.8. The van der Waals surface area contributed by atoms with Gasteiger partial charge in [-0.1, -0.05) is 18.2 Å². The van der Waals surface area contributed by atoms with Crippen LogP contribution in [0.2, 0.25) is 0 Å². The first-order valence-corrected chi connectivity index (χ1v) is 10.5. The van der Waals surface area contributed by atoms with Crippen molar-refractivity contribution in [3.8, 4) is 11.1 Å². The molecule has 0 atom stereocenters. The summed E-state index contributed by atoms with van der Waals surface area (Å²) in [5.74, 6) is -0.193. The number of carbonyl (C=O) groups is 2. The number of benzene rings is 2. The Balaban J connectivity index is 1.24. The average molecular weight is 403 g/mol. The maximum Gasteiger partial charge on any atom is 0.254 e. The van der Waals surface area contributed by atoms with Crippen LogP contribution >= 0.6 is 0 Å². The second kappa shape index (κ2) is 7.29. The average Bonchev–Trinajstić information content (AvgIpc) is 3.24. The maximum absolute atomic E-state index is 12.9. The van der Waals surface area contributed by atoms with Gasteiger partial charge >= 0.3 is 0 Å². The Morgan fingerprint density at radius 3 is 2.20 bits per heavy atom. The predicted molar refractivity (Wildman–Crippen MR) is 115 cm³/mol. The number of amides is 2. The van der Waals surface area contributed by atoms with E-state index < -0.39 is 5.60 Å². The van der Waals surface area contributed by atoms with Gasteiger partial charge in [0, 0.05) is 43.5 Å². The van der Waals surface area contributed by atoms with Crippen molar-refractivity contribution < 1.29 is 14.7 Å². The molecule has 30 heavy (non-hydrogen) atoms. The van der Waals surface area contributed by atoms with Gasteiger partial charge in [0.05, 0.1) is 0 Å². The first kappa shape index (κ1) is 18.9. The van der Waals surface area contributed by atoms with Crippen LogP contribution in [0.1, 0.15) is 29.6 Å². The van der Waals surface area contributed by atoms with Gasteiger partial charge in [-0.05, 0) is 66.1 Å². The summed E-state index contributed by atoms with van der Waals surface area (Å²) in [4.78, 5) is 32.0. The molecule has 5 rings (SSSR count). The SMILES string of the molecule is O=C(c1ccc(-c2ccc3[nH]ccc3c2)cc1)N1CCN(C(=O)C2(O)CCC2)CC1. The summed E-state index contributed by atoms with van der Waals surface area (Å²) in [6.07, 6.45) is 3.93. The van der Waals surface area contributed by atoms with E-state index in [1.165, 1.54) is 0 Å². The van der Waals surface area contributed by atoms with Crippen LogP contribution in [0.5, 0.6) is 0 Å². The zero-order valence-electron chi connectivity index (χ0n) is 16.8. The summed E-state index contributed by atoms with van der Waals surface area (Å²) in [5, 5.41) is 11.4. The minimum Gasteiger partial charge on any atom is -0.380 e. The molecule has 1 saturated carbocycles. The number of piperazine rings is 1. The number of nitrogens with one attached hydrogen (secondary N) is 1. The maximum atomic E-state index is 12.9. The molecule has 6 heteroatoms. The Morgan fingerprint density at radius 2 is 1.53 bits per heavy atom. The van der Waals surface area contributed by atoms with Crippen molar-refractivity contribution in [2.24, 2.45) is 0 Å². The number of aromatic nitrogens is 1. The topological polar surface area (TPSA) is 76.6 Å². The molecule has 2 aromatic carbocycles. The molecule has 1 aliphatic heterocycles. The largest absolute Gasteiger partial charge is 0.380 e. The van der Waals surface area contributed by atoms with Gasteiger partial charge in [0.1, 0.15) is 5.60 Å². The number of aliphatic hydroxyl groups is 1. The Bertz CT molecular complexity index is 1090.